The Labute approximate surface area is 150 Å². The number of anilines is 1. The van der Waals surface area contributed by atoms with Crippen LogP contribution in [-0.4, -0.2) is 23.3 Å². The SMILES string of the molecule is O=C(Nc1ccc(Cl)cc1Cl)C1CC(=O)N(Cc2ccccc2)C1. The minimum Gasteiger partial charge on any atom is -0.338 e. The van der Waals surface area contributed by atoms with Gasteiger partial charge in [-0.05, 0) is 23.8 Å². The molecule has 1 aliphatic heterocycles. The van der Waals surface area contributed by atoms with Crippen molar-refractivity contribution < 1.29 is 9.59 Å². The van der Waals surface area contributed by atoms with Crippen molar-refractivity contribution in [1.82, 2.24) is 4.90 Å². The number of rotatable bonds is 4. The number of halogens is 2. The molecule has 1 atom stereocenters. The highest BCUT2D eigenvalue weighted by Crippen LogP contribution is 2.27. The van der Waals surface area contributed by atoms with Crippen molar-refractivity contribution in [2.45, 2.75) is 13.0 Å². The van der Waals surface area contributed by atoms with Crippen molar-refractivity contribution >= 4 is 40.7 Å². The molecular weight excluding hydrogens is 347 g/mol. The van der Waals surface area contributed by atoms with Gasteiger partial charge in [0.2, 0.25) is 11.8 Å². The largest absolute Gasteiger partial charge is 0.338 e. The number of carbonyl (C=O) groups excluding carboxylic acids is 2. The molecule has 2 aromatic rings. The van der Waals surface area contributed by atoms with E-state index in [1.54, 1.807) is 23.1 Å². The third-order valence-electron chi connectivity index (χ3n) is 3.99. The first-order valence-electron chi connectivity index (χ1n) is 7.60. The Bertz CT molecular complexity index is 765. The van der Waals surface area contributed by atoms with Crippen LogP contribution in [0.3, 0.4) is 0 Å². The van der Waals surface area contributed by atoms with Crippen LogP contribution in [0.25, 0.3) is 0 Å². The first kappa shape index (κ1) is 16.8. The van der Waals surface area contributed by atoms with E-state index in [1.807, 2.05) is 30.3 Å². The lowest BCUT2D eigenvalue weighted by molar-refractivity contribution is -0.128. The summed E-state index contributed by atoms with van der Waals surface area (Å²) in [6, 6.07) is 14.6. The van der Waals surface area contributed by atoms with Crippen LogP contribution >= 0.6 is 23.2 Å². The molecule has 1 fully saturated rings. The Morgan fingerprint density at radius 3 is 2.62 bits per heavy atom. The number of amides is 2. The smallest absolute Gasteiger partial charge is 0.229 e. The number of likely N-dealkylation sites (tertiary alicyclic amines) is 1. The van der Waals surface area contributed by atoms with Crippen LogP contribution in [0.1, 0.15) is 12.0 Å². The third-order valence-corrected chi connectivity index (χ3v) is 4.54. The van der Waals surface area contributed by atoms with Crippen molar-refractivity contribution in [2.24, 2.45) is 5.92 Å². The highest BCUT2D eigenvalue weighted by molar-refractivity contribution is 6.36. The predicted molar refractivity (Wildman–Crippen MR) is 95.1 cm³/mol. The van der Waals surface area contributed by atoms with Gasteiger partial charge in [0, 0.05) is 24.5 Å². The zero-order chi connectivity index (χ0) is 17.1. The summed E-state index contributed by atoms with van der Waals surface area (Å²) >= 11 is 11.9. The van der Waals surface area contributed by atoms with Gasteiger partial charge in [0.25, 0.3) is 0 Å². The number of nitrogens with zero attached hydrogens (tertiary/aromatic N) is 1. The number of nitrogens with one attached hydrogen (secondary N) is 1. The Hall–Kier alpha value is -2.04. The van der Waals surface area contributed by atoms with Crippen molar-refractivity contribution in [1.29, 1.82) is 0 Å². The molecule has 0 bridgehead atoms. The third kappa shape index (κ3) is 3.89. The van der Waals surface area contributed by atoms with Gasteiger partial charge in [0.15, 0.2) is 0 Å². The van der Waals surface area contributed by atoms with Crippen LogP contribution in [0, 0.1) is 5.92 Å². The highest BCUT2D eigenvalue weighted by atomic mass is 35.5. The lowest BCUT2D eigenvalue weighted by Crippen LogP contribution is -2.28. The molecule has 0 aromatic heterocycles. The van der Waals surface area contributed by atoms with Crippen molar-refractivity contribution in [3.63, 3.8) is 0 Å². The van der Waals surface area contributed by atoms with Gasteiger partial charge in [-0.2, -0.15) is 0 Å². The lowest BCUT2D eigenvalue weighted by Gasteiger charge is -2.17. The molecule has 2 aromatic carbocycles. The fourth-order valence-electron chi connectivity index (χ4n) is 2.73. The van der Waals surface area contributed by atoms with E-state index >= 15 is 0 Å². The molecule has 0 radical (unpaired) electrons. The zero-order valence-corrected chi connectivity index (χ0v) is 14.3. The van der Waals surface area contributed by atoms with Gasteiger partial charge in [0.05, 0.1) is 16.6 Å². The summed E-state index contributed by atoms with van der Waals surface area (Å²) in [5.41, 5.74) is 1.55. The molecule has 1 unspecified atom stereocenters. The normalized spacial score (nSPS) is 17.2. The molecular formula is C18H16Cl2N2O2. The minimum atomic E-state index is -0.382. The van der Waals surface area contributed by atoms with Crippen LogP contribution in [0.5, 0.6) is 0 Å². The average molecular weight is 363 g/mol. The molecule has 3 rings (SSSR count). The van der Waals surface area contributed by atoms with Crippen LogP contribution < -0.4 is 5.32 Å². The number of carbonyl (C=O) groups is 2. The summed E-state index contributed by atoms with van der Waals surface area (Å²) in [6.07, 6.45) is 0.212. The summed E-state index contributed by atoms with van der Waals surface area (Å²) in [6.45, 7) is 0.927. The van der Waals surface area contributed by atoms with Crippen molar-refractivity contribution in [2.75, 3.05) is 11.9 Å². The van der Waals surface area contributed by atoms with E-state index in [-0.39, 0.29) is 24.2 Å². The highest BCUT2D eigenvalue weighted by Gasteiger charge is 2.34. The molecule has 24 heavy (non-hydrogen) atoms. The first-order valence-corrected chi connectivity index (χ1v) is 8.36. The van der Waals surface area contributed by atoms with Crippen LogP contribution in [-0.2, 0) is 16.1 Å². The van der Waals surface area contributed by atoms with Crippen molar-refractivity contribution in [3.8, 4) is 0 Å². The predicted octanol–water partition coefficient (Wildman–Crippen LogP) is 3.98. The molecule has 0 aliphatic carbocycles. The molecule has 124 valence electrons. The van der Waals surface area contributed by atoms with Gasteiger partial charge >= 0.3 is 0 Å². The number of hydrogen-bond acceptors (Lipinski definition) is 2. The fraction of sp³-hybridized carbons (Fsp3) is 0.222. The molecule has 1 heterocycles. The second-order valence-electron chi connectivity index (χ2n) is 5.77. The summed E-state index contributed by atoms with van der Waals surface area (Å²) in [4.78, 5) is 26.3. The summed E-state index contributed by atoms with van der Waals surface area (Å²) < 4.78 is 0. The van der Waals surface area contributed by atoms with E-state index in [0.717, 1.165) is 5.56 Å². The monoisotopic (exact) mass is 362 g/mol. The molecule has 1 N–H and O–H groups in total. The van der Waals surface area contributed by atoms with Crippen molar-refractivity contribution in [3.05, 3.63) is 64.1 Å². The van der Waals surface area contributed by atoms with E-state index in [2.05, 4.69) is 5.32 Å². The number of benzene rings is 2. The van der Waals surface area contributed by atoms with E-state index in [9.17, 15) is 9.59 Å². The molecule has 2 amide bonds. The van der Waals surface area contributed by atoms with Crippen LogP contribution in [0.15, 0.2) is 48.5 Å². The molecule has 6 heteroatoms. The molecule has 1 aliphatic rings. The van der Waals surface area contributed by atoms with Gasteiger partial charge in [-0.15, -0.1) is 0 Å². The van der Waals surface area contributed by atoms with Gasteiger partial charge in [-0.3, -0.25) is 9.59 Å². The summed E-state index contributed by atoms with van der Waals surface area (Å²) in [7, 11) is 0. The van der Waals surface area contributed by atoms with Gasteiger partial charge in [-0.1, -0.05) is 53.5 Å². The maximum absolute atomic E-state index is 12.4. The van der Waals surface area contributed by atoms with E-state index in [4.69, 9.17) is 23.2 Å². The van der Waals surface area contributed by atoms with E-state index in [1.165, 1.54) is 0 Å². The van der Waals surface area contributed by atoms with Gasteiger partial charge < -0.3 is 10.2 Å². The second kappa shape index (κ2) is 7.24. The Balaban J connectivity index is 1.63. The van der Waals surface area contributed by atoms with E-state index < -0.39 is 0 Å². The maximum Gasteiger partial charge on any atom is 0.229 e. The zero-order valence-electron chi connectivity index (χ0n) is 12.8. The van der Waals surface area contributed by atoms with Crippen LogP contribution in [0.4, 0.5) is 5.69 Å². The fourth-order valence-corrected chi connectivity index (χ4v) is 3.19. The van der Waals surface area contributed by atoms with E-state index in [0.29, 0.717) is 28.8 Å². The topological polar surface area (TPSA) is 49.4 Å². The molecule has 0 saturated carbocycles. The number of hydrogen-bond donors (Lipinski definition) is 1. The maximum atomic E-state index is 12.4. The summed E-state index contributed by atoms with van der Waals surface area (Å²) in [5, 5.41) is 3.65. The average Bonchev–Trinajstić information content (AvgIpc) is 2.92. The molecule has 4 nitrogen and oxygen atoms in total. The second-order valence-corrected chi connectivity index (χ2v) is 6.62. The summed E-state index contributed by atoms with van der Waals surface area (Å²) in [5.74, 6) is -0.600. The van der Waals surface area contributed by atoms with Gasteiger partial charge in [0.1, 0.15) is 0 Å². The minimum absolute atomic E-state index is 0.0128. The standard InChI is InChI=1S/C18H16Cl2N2O2/c19-14-6-7-16(15(20)9-14)21-18(24)13-8-17(23)22(11-13)10-12-4-2-1-3-5-12/h1-7,9,13H,8,10-11H2,(H,21,24). The Kier molecular flexibility index (Phi) is 5.07. The van der Waals surface area contributed by atoms with Crippen LogP contribution in [0.2, 0.25) is 10.0 Å². The lowest BCUT2D eigenvalue weighted by atomic mass is 10.1. The Morgan fingerprint density at radius 1 is 1.17 bits per heavy atom. The molecule has 0 spiro atoms. The molecule has 1 saturated heterocycles. The quantitative estimate of drug-likeness (QED) is 0.893. The van der Waals surface area contributed by atoms with Gasteiger partial charge in [-0.25, -0.2) is 0 Å². The Morgan fingerprint density at radius 2 is 1.92 bits per heavy atom. The first-order chi connectivity index (χ1) is 11.5.